The van der Waals surface area contributed by atoms with Gasteiger partial charge in [-0.3, -0.25) is 33.3 Å². The fraction of sp³-hybridized carbons (Fsp3) is 0.618. The molecule has 8 N–H and O–H groups in total. The predicted octanol–water partition coefficient (Wildman–Crippen LogP) is -1.14. The number of nitrogens with zero attached hydrogens (tertiary/aromatic N) is 1. The molecule has 0 unspecified atom stereocenters. The number of fused-ring (bicyclic) bond motifs is 2. The Hall–Kier alpha value is -4.67. The van der Waals surface area contributed by atoms with Crippen LogP contribution in [0.2, 0.25) is 0 Å². The number of halogens is 3. The van der Waals surface area contributed by atoms with Crippen LogP contribution >= 0.6 is 7.82 Å². The van der Waals surface area contributed by atoms with Crippen LogP contribution in [-0.2, 0) is 53.5 Å². The molecule has 2 heterocycles. The van der Waals surface area contributed by atoms with Gasteiger partial charge in [0.05, 0.1) is 38.1 Å². The standard InChI is InChI=1S/C34H48F3N6O14P/c1-17(2)12-23(33(51)55-4)40-31(49)25-14-21-15-43(25)32(50)27(18(3)57-58(52,53)54)42-30(48)24(16-44)41-29(47)22(8-9-26(45)38-10-11-56-21)39-28(46)19-6-5-7-20(13-19)34(35,36)37/h5-7,13,17-18,21-25,27,44H,8-12,14-16H2,1-4H3,(H,38,45)(H,39,46)(H,40,49)(H,41,47)(H,42,48)(H2,52,53,54)/t18-,21-,22+,23+,24+,25+,27+/m1/s1. The second-order valence-corrected chi connectivity index (χ2v) is 15.2. The molecule has 0 radical (unpaired) electrons. The largest absolute Gasteiger partial charge is 0.469 e. The molecule has 2 aliphatic heterocycles. The Labute approximate surface area is 330 Å². The summed E-state index contributed by atoms with van der Waals surface area (Å²) in [5.41, 5.74) is -1.67. The first-order chi connectivity index (χ1) is 27.0. The van der Waals surface area contributed by atoms with Crippen molar-refractivity contribution in [3.63, 3.8) is 0 Å². The number of phosphoric acid groups is 1. The molecule has 6 amide bonds. The van der Waals surface area contributed by atoms with Crippen molar-refractivity contribution in [2.24, 2.45) is 5.92 Å². The Morgan fingerprint density at radius 2 is 1.78 bits per heavy atom. The Bertz CT molecular complexity index is 1730. The van der Waals surface area contributed by atoms with Gasteiger partial charge in [-0.1, -0.05) is 19.9 Å². The number of hydrogen-bond acceptors (Lipinski definition) is 12. The van der Waals surface area contributed by atoms with Gasteiger partial charge >= 0.3 is 20.0 Å². The fourth-order valence-corrected chi connectivity index (χ4v) is 6.74. The van der Waals surface area contributed by atoms with Crippen molar-refractivity contribution in [2.75, 3.05) is 33.4 Å². The fourth-order valence-electron chi connectivity index (χ4n) is 6.19. The molecule has 3 rings (SSSR count). The van der Waals surface area contributed by atoms with E-state index in [-0.39, 0.29) is 38.5 Å². The third kappa shape index (κ3) is 14.0. The molecule has 24 heteroatoms. The molecule has 7 atom stereocenters. The number of benzene rings is 1. The number of carbonyl (C=O) groups excluding carboxylic acids is 7. The van der Waals surface area contributed by atoms with Crippen LogP contribution in [0.3, 0.4) is 0 Å². The van der Waals surface area contributed by atoms with Crippen molar-refractivity contribution < 1.29 is 80.2 Å². The number of phosphoric ester groups is 1. The van der Waals surface area contributed by atoms with Gasteiger partial charge in [-0.15, -0.1) is 0 Å². The zero-order chi connectivity index (χ0) is 43.5. The maximum absolute atomic E-state index is 14.3. The van der Waals surface area contributed by atoms with E-state index in [4.69, 9.17) is 14.0 Å². The molecule has 1 aromatic carbocycles. The minimum Gasteiger partial charge on any atom is -0.467 e. The summed E-state index contributed by atoms with van der Waals surface area (Å²) in [6.45, 7) is 2.76. The van der Waals surface area contributed by atoms with Gasteiger partial charge in [0.15, 0.2) is 0 Å². The highest BCUT2D eigenvalue weighted by molar-refractivity contribution is 7.46. The molecule has 2 saturated heterocycles. The molecular weight excluding hydrogens is 804 g/mol. The summed E-state index contributed by atoms with van der Waals surface area (Å²) < 4.78 is 67.2. The van der Waals surface area contributed by atoms with Gasteiger partial charge in [0.2, 0.25) is 29.5 Å². The number of esters is 1. The molecule has 324 valence electrons. The molecule has 2 bridgehead atoms. The minimum absolute atomic E-state index is 0.0971. The summed E-state index contributed by atoms with van der Waals surface area (Å²) in [6, 6.07) is -4.94. The minimum atomic E-state index is -5.36. The van der Waals surface area contributed by atoms with Crippen LogP contribution in [0.1, 0.15) is 62.4 Å². The topological polar surface area (TPSA) is 288 Å². The maximum atomic E-state index is 14.3. The molecule has 0 aliphatic carbocycles. The first-order valence-electron chi connectivity index (χ1n) is 18.0. The van der Waals surface area contributed by atoms with E-state index in [0.29, 0.717) is 12.1 Å². The van der Waals surface area contributed by atoms with Gasteiger partial charge in [-0.2, -0.15) is 13.2 Å². The molecule has 2 aliphatic rings. The lowest BCUT2D eigenvalue weighted by Crippen LogP contribution is -2.62. The molecule has 58 heavy (non-hydrogen) atoms. The van der Waals surface area contributed by atoms with Gasteiger partial charge in [-0.05, 0) is 43.9 Å². The lowest BCUT2D eigenvalue weighted by atomic mass is 10.0. The number of nitrogens with one attached hydrogen (secondary N) is 5. The average Bonchev–Trinajstić information content (AvgIpc) is 3.57. The van der Waals surface area contributed by atoms with E-state index in [9.17, 15) is 66.2 Å². The Morgan fingerprint density at radius 1 is 1.09 bits per heavy atom. The highest BCUT2D eigenvalue weighted by Crippen LogP contribution is 2.38. The van der Waals surface area contributed by atoms with Crippen molar-refractivity contribution in [3.05, 3.63) is 35.4 Å². The SMILES string of the molecule is COC(=O)[C@H](CC(C)C)NC(=O)[C@@H]1C[C@@H]2CN1C(=O)[C@H]([C@@H](C)OP(=O)(O)O)NC(=O)[C@H](CO)NC(=O)[C@@H](NC(=O)c1cccc(C(F)(F)F)c1)CCC(=O)NCCO2. The number of aliphatic hydroxyl groups is 1. The van der Waals surface area contributed by atoms with Gasteiger partial charge in [0.25, 0.3) is 5.91 Å². The van der Waals surface area contributed by atoms with Crippen LogP contribution in [0, 0.1) is 5.92 Å². The second kappa shape index (κ2) is 20.8. The number of hydrogen-bond donors (Lipinski definition) is 8. The van der Waals surface area contributed by atoms with Gasteiger partial charge in [0, 0.05) is 31.5 Å². The summed E-state index contributed by atoms with van der Waals surface area (Å²) in [5.74, 6) is -7.20. The maximum Gasteiger partial charge on any atom is 0.469 e. The lowest BCUT2D eigenvalue weighted by molar-refractivity contribution is -0.148. The molecule has 20 nitrogen and oxygen atoms in total. The van der Waals surface area contributed by atoms with E-state index < -0.39 is 128 Å². The van der Waals surface area contributed by atoms with Crippen molar-refractivity contribution in [2.45, 2.75) is 95.0 Å². The van der Waals surface area contributed by atoms with Gasteiger partial charge in [0.1, 0.15) is 30.2 Å². The number of aliphatic hydroxyl groups excluding tert-OH is 1. The van der Waals surface area contributed by atoms with Crippen LogP contribution in [0.5, 0.6) is 0 Å². The summed E-state index contributed by atoms with van der Waals surface area (Å²) in [4.78, 5) is 114. The van der Waals surface area contributed by atoms with Gasteiger partial charge < -0.3 is 55.9 Å². The van der Waals surface area contributed by atoms with E-state index in [1.54, 1.807) is 13.8 Å². The Kier molecular flexibility index (Phi) is 17.1. The smallest absolute Gasteiger partial charge is 0.467 e. The first-order valence-corrected chi connectivity index (χ1v) is 19.6. The molecular formula is C34H48F3N6O14P. The second-order valence-electron chi connectivity index (χ2n) is 14.0. The van der Waals surface area contributed by atoms with E-state index in [0.717, 1.165) is 31.1 Å². The normalized spacial score (nSPS) is 24.1. The number of methoxy groups -OCH3 is 1. The summed E-state index contributed by atoms with van der Waals surface area (Å²) in [7, 11) is -4.24. The Balaban J connectivity index is 1.99. The van der Waals surface area contributed by atoms with Gasteiger partial charge in [-0.25, -0.2) is 9.36 Å². The van der Waals surface area contributed by atoms with E-state index in [1.165, 1.54) is 0 Å². The van der Waals surface area contributed by atoms with Crippen LogP contribution < -0.4 is 26.6 Å². The number of ether oxygens (including phenoxy) is 2. The predicted molar refractivity (Wildman–Crippen MR) is 192 cm³/mol. The quantitative estimate of drug-likeness (QED) is 0.0966. The van der Waals surface area contributed by atoms with Crippen LogP contribution in [0.25, 0.3) is 0 Å². The van der Waals surface area contributed by atoms with Crippen molar-refractivity contribution in [1.29, 1.82) is 0 Å². The van der Waals surface area contributed by atoms with Crippen molar-refractivity contribution in [3.8, 4) is 0 Å². The monoisotopic (exact) mass is 852 g/mol. The summed E-state index contributed by atoms with van der Waals surface area (Å²) >= 11 is 0. The highest BCUT2D eigenvalue weighted by atomic mass is 31.2. The molecule has 0 spiro atoms. The Morgan fingerprint density at radius 3 is 2.38 bits per heavy atom. The molecule has 1 aromatic rings. The zero-order valence-electron chi connectivity index (χ0n) is 31.9. The number of rotatable bonds is 11. The van der Waals surface area contributed by atoms with E-state index in [2.05, 4.69) is 26.6 Å². The molecule has 2 fully saturated rings. The number of carbonyl (C=O) groups is 7. The van der Waals surface area contributed by atoms with Crippen LogP contribution in [0.4, 0.5) is 13.2 Å². The molecule has 0 saturated carbocycles. The van der Waals surface area contributed by atoms with E-state index >= 15 is 0 Å². The summed E-state index contributed by atoms with van der Waals surface area (Å²) in [6.07, 6.45) is -8.48. The van der Waals surface area contributed by atoms with Crippen molar-refractivity contribution >= 4 is 49.2 Å². The summed E-state index contributed by atoms with van der Waals surface area (Å²) in [5, 5.41) is 21.8. The van der Waals surface area contributed by atoms with Crippen LogP contribution in [-0.4, -0.2) is 137 Å². The van der Waals surface area contributed by atoms with Crippen molar-refractivity contribution in [1.82, 2.24) is 31.5 Å². The average molecular weight is 853 g/mol. The number of amides is 6. The zero-order valence-corrected chi connectivity index (χ0v) is 32.8. The lowest BCUT2D eigenvalue weighted by Gasteiger charge is -2.32. The first kappa shape index (κ1) is 47.7. The third-order valence-electron chi connectivity index (χ3n) is 9.02. The highest BCUT2D eigenvalue weighted by Gasteiger charge is 2.46. The van der Waals surface area contributed by atoms with E-state index in [1.807, 2.05) is 0 Å². The van der Waals surface area contributed by atoms with Crippen LogP contribution in [0.15, 0.2) is 24.3 Å². The third-order valence-corrected chi connectivity index (χ3v) is 9.63. The molecule has 0 aromatic heterocycles. The number of alkyl halides is 3.